The third-order valence-corrected chi connectivity index (χ3v) is 2.27. The molecule has 0 atom stereocenters. The van der Waals surface area contributed by atoms with Crippen LogP contribution < -0.4 is 15.0 Å². The molecule has 15 heavy (non-hydrogen) atoms. The van der Waals surface area contributed by atoms with Crippen LogP contribution >= 0.6 is 0 Å². The Morgan fingerprint density at radius 3 is 2.73 bits per heavy atom. The van der Waals surface area contributed by atoms with Gasteiger partial charge in [0.25, 0.3) is 0 Å². The van der Waals surface area contributed by atoms with Crippen molar-refractivity contribution in [3.63, 3.8) is 0 Å². The summed E-state index contributed by atoms with van der Waals surface area (Å²) in [6, 6.07) is 8.13. The van der Waals surface area contributed by atoms with E-state index in [4.69, 9.17) is 4.74 Å². The van der Waals surface area contributed by atoms with Gasteiger partial charge in [0.05, 0.1) is 12.3 Å². The van der Waals surface area contributed by atoms with Crippen LogP contribution in [0.2, 0.25) is 0 Å². The molecule has 0 bridgehead atoms. The van der Waals surface area contributed by atoms with E-state index >= 15 is 0 Å². The fourth-order valence-corrected chi connectivity index (χ4v) is 1.45. The Morgan fingerprint density at radius 1 is 1.33 bits per heavy atom. The molecule has 1 aromatic carbocycles. The van der Waals surface area contributed by atoms with E-state index in [9.17, 15) is 0 Å². The van der Waals surface area contributed by atoms with Crippen molar-refractivity contribution < 1.29 is 4.74 Å². The summed E-state index contributed by atoms with van der Waals surface area (Å²) in [5.74, 6) is 0.957. The number of hydrogen-bond acceptors (Lipinski definition) is 3. The van der Waals surface area contributed by atoms with Crippen molar-refractivity contribution in [3.8, 4) is 5.75 Å². The lowest BCUT2D eigenvalue weighted by Crippen LogP contribution is -2.27. The Kier molecular flexibility index (Phi) is 4.98. The number of para-hydroxylation sites is 2. The predicted molar refractivity (Wildman–Crippen MR) is 64.8 cm³/mol. The number of nitrogens with one attached hydrogen (secondary N) is 1. The van der Waals surface area contributed by atoms with Crippen molar-refractivity contribution in [3.05, 3.63) is 24.3 Å². The smallest absolute Gasteiger partial charge is 0.142 e. The van der Waals surface area contributed by atoms with Crippen molar-refractivity contribution in [2.45, 2.75) is 6.92 Å². The molecule has 3 heteroatoms. The molecule has 0 aliphatic carbocycles. The number of likely N-dealkylation sites (N-methyl/N-ethyl adjacent to an activating group) is 2. The maximum absolute atomic E-state index is 5.58. The van der Waals surface area contributed by atoms with Crippen LogP contribution in [0.15, 0.2) is 24.3 Å². The number of benzene rings is 1. The quantitative estimate of drug-likeness (QED) is 0.770. The Bertz CT molecular complexity index is 289. The lowest BCUT2D eigenvalue weighted by Gasteiger charge is -2.21. The molecule has 0 heterocycles. The summed E-state index contributed by atoms with van der Waals surface area (Å²) in [6.45, 7) is 4.65. The van der Waals surface area contributed by atoms with E-state index in [0.717, 1.165) is 24.5 Å². The fraction of sp³-hybridized carbons (Fsp3) is 0.500. The lowest BCUT2D eigenvalue weighted by molar-refractivity contribution is 0.340. The summed E-state index contributed by atoms with van der Waals surface area (Å²) < 4.78 is 5.58. The Morgan fingerprint density at radius 2 is 2.07 bits per heavy atom. The van der Waals surface area contributed by atoms with Crippen LogP contribution in [0.4, 0.5) is 5.69 Å². The number of anilines is 1. The van der Waals surface area contributed by atoms with Crippen LogP contribution in [-0.4, -0.2) is 33.8 Å². The molecule has 3 nitrogen and oxygen atoms in total. The van der Waals surface area contributed by atoms with Crippen LogP contribution in [0.3, 0.4) is 0 Å². The van der Waals surface area contributed by atoms with Gasteiger partial charge in [0, 0.05) is 20.1 Å². The maximum Gasteiger partial charge on any atom is 0.142 e. The molecule has 1 N–H and O–H groups in total. The molecule has 0 radical (unpaired) electrons. The number of hydrogen-bond donors (Lipinski definition) is 1. The zero-order valence-electron chi connectivity index (χ0n) is 9.79. The van der Waals surface area contributed by atoms with Crippen molar-refractivity contribution in [1.82, 2.24) is 5.32 Å². The SMILES string of the molecule is CCOc1ccccc1N(C)CCNC. The standard InChI is InChI=1S/C12H20N2O/c1-4-15-12-8-6-5-7-11(12)14(3)10-9-13-2/h5-8,13H,4,9-10H2,1-3H3. The summed E-state index contributed by atoms with van der Waals surface area (Å²) in [5, 5.41) is 3.14. The van der Waals surface area contributed by atoms with Crippen LogP contribution in [-0.2, 0) is 0 Å². The molecule has 1 rings (SSSR count). The zero-order valence-corrected chi connectivity index (χ0v) is 9.79. The van der Waals surface area contributed by atoms with Crippen LogP contribution in [0, 0.1) is 0 Å². The first-order valence-corrected chi connectivity index (χ1v) is 5.37. The van der Waals surface area contributed by atoms with Crippen LogP contribution in [0.5, 0.6) is 5.75 Å². The first kappa shape index (κ1) is 11.9. The molecule has 0 fully saturated rings. The van der Waals surface area contributed by atoms with Gasteiger partial charge in [-0.25, -0.2) is 0 Å². The van der Waals surface area contributed by atoms with Gasteiger partial charge in [0.1, 0.15) is 5.75 Å². The van der Waals surface area contributed by atoms with Crippen LogP contribution in [0.1, 0.15) is 6.92 Å². The van der Waals surface area contributed by atoms with Gasteiger partial charge < -0.3 is 15.0 Å². The minimum Gasteiger partial charge on any atom is -0.492 e. The highest BCUT2D eigenvalue weighted by Crippen LogP contribution is 2.26. The summed E-state index contributed by atoms with van der Waals surface area (Å²) in [6.07, 6.45) is 0. The molecular formula is C12H20N2O. The topological polar surface area (TPSA) is 24.5 Å². The van der Waals surface area contributed by atoms with Gasteiger partial charge in [0.2, 0.25) is 0 Å². The molecule has 0 aromatic heterocycles. The Balaban J connectivity index is 2.72. The second kappa shape index (κ2) is 6.30. The van der Waals surface area contributed by atoms with Gasteiger partial charge in [-0.15, -0.1) is 0 Å². The highest BCUT2D eigenvalue weighted by molar-refractivity contribution is 5.57. The first-order chi connectivity index (χ1) is 7.29. The fourth-order valence-electron chi connectivity index (χ4n) is 1.45. The molecule has 84 valence electrons. The normalized spacial score (nSPS) is 10.1. The van der Waals surface area contributed by atoms with E-state index in [1.54, 1.807) is 0 Å². The Labute approximate surface area is 92.0 Å². The van der Waals surface area contributed by atoms with Gasteiger partial charge in [-0.2, -0.15) is 0 Å². The van der Waals surface area contributed by atoms with Crippen molar-refractivity contribution in [1.29, 1.82) is 0 Å². The van der Waals surface area contributed by atoms with E-state index in [2.05, 4.69) is 23.3 Å². The van der Waals surface area contributed by atoms with Gasteiger partial charge in [0.15, 0.2) is 0 Å². The minimum atomic E-state index is 0.705. The van der Waals surface area contributed by atoms with Crippen molar-refractivity contribution >= 4 is 5.69 Å². The first-order valence-electron chi connectivity index (χ1n) is 5.37. The molecule has 0 aliphatic rings. The molecule has 0 aliphatic heterocycles. The molecule has 0 spiro atoms. The molecule has 0 amide bonds. The van der Waals surface area contributed by atoms with E-state index < -0.39 is 0 Å². The number of rotatable bonds is 6. The van der Waals surface area contributed by atoms with E-state index in [-0.39, 0.29) is 0 Å². The molecule has 1 aromatic rings. The zero-order chi connectivity index (χ0) is 11.1. The third kappa shape index (κ3) is 3.44. The second-order valence-corrected chi connectivity index (χ2v) is 3.43. The van der Waals surface area contributed by atoms with E-state index in [1.807, 2.05) is 32.2 Å². The van der Waals surface area contributed by atoms with Crippen molar-refractivity contribution in [2.24, 2.45) is 0 Å². The Hall–Kier alpha value is -1.22. The maximum atomic E-state index is 5.58. The van der Waals surface area contributed by atoms with Gasteiger partial charge in [-0.05, 0) is 26.1 Å². The number of nitrogens with zero attached hydrogens (tertiary/aromatic N) is 1. The highest BCUT2D eigenvalue weighted by Gasteiger charge is 2.06. The summed E-state index contributed by atoms with van der Waals surface area (Å²) >= 11 is 0. The molecular weight excluding hydrogens is 188 g/mol. The van der Waals surface area contributed by atoms with Gasteiger partial charge in [-0.1, -0.05) is 12.1 Å². The highest BCUT2D eigenvalue weighted by atomic mass is 16.5. The molecule has 0 unspecified atom stereocenters. The predicted octanol–water partition coefficient (Wildman–Crippen LogP) is 1.74. The third-order valence-electron chi connectivity index (χ3n) is 2.27. The lowest BCUT2D eigenvalue weighted by atomic mass is 10.2. The minimum absolute atomic E-state index is 0.705. The number of ether oxygens (including phenoxy) is 1. The second-order valence-electron chi connectivity index (χ2n) is 3.43. The summed E-state index contributed by atoms with van der Waals surface area (Å²) in [7, 11) is 4.04. The van der Waals surface area contributed by atoms with Crippen molar-refractivity contribution in [2.75, 3.05) is 38.7 Å². The van der Waals surface area contributed by atoms with Gasteiger partial charge in [-0.3, -0.25) is 0 Å². The molecule has 0 saturated carbocycles. The summed E-state index contributed by atoms with van der Waals surface area (Å²) in [4.78, 5) is 2.20. The average molecular weight is 208 g/mol. The van der Waals surface area contributed by atoms with E-state index in [1.165, 1.54) is 0 Å². The largest absolute Gasteiger partial charge is 0.492 e. The van der Waals surface area contributed by atoms with Gasteiger partial charge >= 0.3 is 0 Å². The van der Waals surface area contributed by atoms with E-state index in [0.29, 0.717) is 6.61 Å². The average Bonchev–Trinajstić information content (AvgIpc) is 2.27. The summed E-state index contributed by atoms with van der Waals surface area (Å²) in [5.41, 5.74) is 1.15. The molecule has 0 saturated heterocycles. The van der Waals surface area contributed by atoms with Crippen LogP contribution in [0.25, 0.3) is 0 Å². The monoisotopic (exact) mass is 208 g/mol.